The SMILES string of the molecule is CC(=O)OCc1cc(O)cc(C)c1COC(C)=O. The monoisotopic (exact) mass is 252 g/mol. The highest BCUT2D eigenvalue weighted by Crippen LogP contribution is 2.23. The quantitative estimate of drug-likeness (QED) is 0.827. The summed E-state index contributed by atoms with van der Waals surface area (Å²) in [6.07, 6.45) is 0. The lowest BCUT2D eigenvalue weighted by atomic mass is 10.0. The van der Waals surface area contributed by atoms with Gasteiger partial charge in [0.05, 0.1) is 0 Å². The minimum atomic E-state index is -0.408. The number of phenolic OH excluding ortho intramolecular Hbond substituents is 1. The van der Waals surface area contributed by atoms with Gasteiger partial charge in [0.15, 0.2) is 0 Å². The molecule has 5 heteroatoms. The molecule has 0 heterocycles. The van der Waals surface area contributed by atoms with Crippen molar-refractivity contribution in [2.24, 2.45) is 0 Å². The van der Waals surface area contributed by atoms with E-state index in [2.05, 4.69) is 0 Å². The molecule has 98 valence electrons. The number of aromatic hydroxyl groups is 1. The van der Waals surface area contributed by atoms with Gasteiger partial charge in [-0.05, 0) is 35.7 Å². The van der Waals surface area contributed by atoms with Gasteiger partial charge in [0.2, 0.25) is 0 Å². The summed E-state index contributed by atoms with van der Waals surface area (Å²) < 4.78 is 9.83. The summed E-state index contributed by atoms with van der Waals surface area (Å²) in [6.45, 7) is 4.55. The van der Waals surface area contributed by atoms with Gasteiger partial charge < -0.3 is 14.6 Å². The van der Waals surface area contributed by atoms with Crippen LogP contribution in [0.25, 0.3) is 0 Å². The number of esters is 2. The number of carbonyl (C=O) groups is 2. The molecule has 0 aliphatic heterocycles. The fourth-order valence-electron chi connectivity index (χ4n) is 1.56. The van der Waals surface area contributed by atoms with Crippen molar-refractivity contribution in [1.29, 1.82) is 0 Å². The third-order valence-corrected chi connectivity index (χ3v) is 2.40. The zero-order chi connectivity index (χ0) is 13.7. The van der Waals surface area contributed by atoms with Crippen LogP contribution >= 0.6 is 0 Å². The average molecular weight is 252 g/mol. The van der Waals surface area contributed by atoms with Crippen molar-refractivity contribution in [2.75, 3.05) is 0 Å². The maximum Gasteiger partial charge on any atom is 0.302 e. The molecular weight excluding hydrogens is 236 g/mol. The summed E-state index contributed by atoms with van der Waals surface area (Å²) in [5, 5.41) is 9.51. The predicted molar refractivity (Wildman–Crippen MR) is 63.8 cm³/mol. The van der Waals surface area contributed by atoms with Crippen LogP contribution in [0.2, 0.25) is 0 Å². The Balaban J connectivity index is 2.96. The van der Waals surface area contributed by atoms with Crippen LogP contribution in [0.1, 0.15) is 30.5 Å². The Morgan fingerprint density at radius 3 is 2.22 bits per heavy atom. The Morgan fingerprint density at radius 2 is 1.67 bits per heavy atom. The van der Waals surface area contributed by atoms with Crippen LogP contribution in [0.5, 0.6) is 5.75 Å². The summed E-state index contributed by atoms with van der Waals surface area (Å²) in [5.74, 6) is -0.712. The lowest BCUT2D eigenvalue weighted by Gasteiger charge is -2.13. The number of benzene rings is 1. The summed E-state index contributed by atoms with van der Waals surface area (Å²) in [5.41, 5.74) is 2.15. The van der Waals surface area contributed by atoms with Gasteiger partial charge >= 0.3 is 11.9 Å². The molecule has 1 rings (SSSR count). The van der Waals surface area contributed by atoms with Gasteiger partial charge in [0, 0.05) is 13.8 Å². The van der Waals surface area contributed by atoms with Gasteiger partial charge in [-0.3, -0.25) is 9.59 Å². The molecule has 18 heavy (non-hydrogen) atoms. The van der Waals surface area contributed by atoms with Crippen molar-refractivity contribution >= 4 is 11.9 Å². The van der Waals surface area contributed by atoms with Crippen LogP contribution in [-0.2, 0) is 32.3 Å². The minimum absolute atomic E-state index is 0.0428. The molecule has 1 aromatic carbocycles. The largest absolute Gasteiger partial charge is 0.508 e. The molecule has 0 aromatic heterocycles. The first-order valence-corrected chi connectivity index (χ1v) is 5.48. The molecule has 0 aliphatic carbocycles. The molecule has 0 spiro atoms. The number of hydrogen-bond donors (Lipinski definition) is 1. The Kier molecular flexibility index (Phi) is 4.71. The summed E-state index contributed by atoms with van der Waals surface area (Å²) in [6, 6.07) is 3.06. The topological polar surface area (TPSA) is 72.8 Å². The van der Waals surface area contributed by atoms with Gasteiger partial charge in [0.1, 0.15) is 19.0 Å². The molecule has 0 radical (unpaired) electrons. The van der Waals surface area contributed by atoms with Crippen molar-refractivity contribution in [3.63, 3.8) is 0 Å². The molecule has 0 bridgehead atoms. The lowest BCUT2D eigenvalue weighted by Crippen LogP contribution is -2.07. The van der Waals surface area contributed by atoms with Crippen LogP contribution in [0, 0.1) is 6.92 Å². The van der Waals surface area contributed by atoms with E-state index in [1.165, 1.54) is 19.9 Å². The molecule has 0 unspecified atom stereocenters. The Labute approximate surface area is 105 Å². The van der Waals surface area contributed by atoms with Crippen molar-refractivity contribution in [1.82, 2.24) is 0 Å². The molecule has 0 aliphatic rings. The van der Waals surface area contributed by atoms with E-state index in [1.807, 2.05) is 0 Å². The second-order valence-electron chi connectivity index (χ2n) is 3.96. The third kappa shape index (κ3) is 4.08. The van der Waals surface area contributed by atoms with Crippen LogP contribution in [0.15, 0.2) is 12.1 Å². The maximum atomic E-state index is 10.8. The van der Waals surface area contributed by atoms with Crippen molar-refractivity contribution in [3.8, 4) is 5.75 Å². The number of ether oxygens (including phenoxy) is 2. The summed E-state index contributed by atoms with van der Waals surface area (Å²) in [4.78, 5) is 21.6. The van der Waals surface area contributed by atoms with Gasteiger partial charge in [-0.2, -0.15) is 0 Å². The van der Waals surface area contributed by atoms with E-state index < -0.39 is 5.97 Å². The Morgan fingerprint density at radius 1 is 1.11 bits per heavy atom. The Hall–Kier alpha value is -2.04. The molecule has 0 atom stereocenters. The van der Waals surface area contributed by atoms with Crippen molar-refractivity contribution in [3.05, 3.63) is 28.8 Å². The molecule has 5 nitrogen and oxygen atoms in total. The van der Waals surface area contributed by atoms with Crippen LogP contribution in [0.3, 0.4) is 0 Å². The first-order valence-electron chi connectivity index (χ1n) is 5.48. The van der Waals surface area contributed by atoms with E-state index >= 15 is 0 Å². The van der Waals surface area contributed by atoms with Gasteiger partial charge in [-0.25, -0.2) is 0 Å². The van der Waals surface area contributed by atoms with Crippen LogP contribution in [-0.4, -0.2) is 17.0 Å². The maximum absolute atomic E-state index is 10.8. The highest BCUT2D eigenvalue weighted by atomic mass is 16.5. The summed E-state index contributed by atoms with van der Waals surface area (Å²) in [7, 11) is 0. The van der Waals surface area contributed by atoms with Crippen molar-refractivity contribution in [2.45, 2.75) is 34.0 Å². The molecule has 0 amide bonds. The molecule has 0 saturated carbocycles. The van der Waals surface area contributed by atoms with Crippen LogP contribution < -0.4 is 0 Å². The van der Waals surface area contributed by atoms with E-state index in [0.717, 1.165) is 11.1 Å². The first kappa shape index (κ1) is 14.0. The van der Waals surface area contributed by atoms with Crippen molar-refractivity contribution < 1.29 is 24.2 Å². The zero-order valence-corrected chi connectivity index (χ0v) is 10.6. The van der Waals surface area contributed by atoms with E-state index in [9.17, 15) is 14.7 Å². The van der Waals surface area contributed by atoms with E-state index in [1.54, 1.807) is 13.0 Å². The highest BCUT2D eigenvalue weighted by molar-refractivity contribution is 5.66. The number of hydrogen-bond acceptors (Lipinski definition) is 5. The first-order chi connectivity index (χ1) is 8.40. The average Bonchev–Trinajstić information content (AvgIpc) is 2.24. The van der Waals surface area contributed by atoms with E-state index in [-0.39, 0.29) is 24.9 Å². The number of rotatable bonds is 4. The standard InChI is InChI=1S/C13H16O5/c1-8-4-12(16)5-11(6-17-9(2)14)13(8)7-18-10(3)15/h4-5,16H,6-7H2,1-3H3. The van der Waals surface area contributed by atoms with E-state index in [0.29, 0.717) is 5.56 Å². The molecule has 1 N–H and O–H groups in total. The smallest absolute Gasteiger partial charge is 0.302 e. The number of aryl methyl sites for hydroxylation is 1. The molecule has 0 fully saturated rings. The number of carbonyl (C=O) groups excluding carboxylic acids is 2. The van der Waals surface area contributed by atoms with Crippen LogP contribution in [0.4, 0.5) is 0 Å². The fraction of sp³-hybridized carbons (Fsp3) is 0.385. The number of phenols is 1. The highest BCUT2D eigenvalue weighted by Gasteiger charge is 2.11. The second-order valence-corrected chi connectivity index (χ2v) is 3.96. The zero-order valence-electron chi connectivity index (χ0n) is 10.6. The fourth-order valence-corrected chi connectivity index (χ4v) is 1.56. The molecular formula is C13H16O5. The summed E-state index contributed by atoms with van der Waals surface area (Å²) >= 11 is 0. The predicted octanol–water partition coefficient (Wildman–Crippen LogP) is 1.83. The van der Waals surface area contributed by atoms with Gasteiger partial charge in [-0.1, -0.05) is 0 Å². The minimum Gasteiger partial charge on any atom is -0.508 e. The molecule has 0 saturated heterocycles. The lowest BCUT2D eigenvalue weighted by molar-refractivity contribution is -0.143. The van der Waals surface area contributed by atoms with E-state index in [4.69, 9.17) is 9.47 Å². The van der Waals surface area contributed by atoms with Gasteiger partial charge in [-0.15, -0.1) is 0 Å². The van der Waals surface area contributed by atoms with Gasteiger partial charge in [0.25, 0.3) is 0 Å². The normalized spacial score (nSPS) is 9.94. The third-order valence-electron chi connectivity index (χ3n) is 2.40. The second kappa shape index (κ2) is 6.05. The molecule has 1 aromatic rings. The Bertz CT molecular complexity index is 465.